The van der Waals surface area contributed by atoms with E-state index < -0.39 is 0 Å². The summed E-state index contributed by atoms with van der Waals surface area (Å²) >= 11 is 0. The average Bonchev–Trinajstić information content (AvgIpc) is 1.97. The van der Waals surface area contributed by atoms with E-state index in [4.69, 9.17) is 0 Å². The Morgan fingerprint density at radius 1 is 0.909 bits per heavy atom. The van der Waals surface area contributed by atoms with Gasteiger partial charge in [-0.2, -0.15) is 13.3 Å². The molecule has 0 N–H and O–H groups in total. The SMILES string of the molecule is C[CH-]CCCCCCCC.[Ni]. The Bertz CT molecular complexity index is 44.8. The quantitative estimate of drug-likeness (QED) is 0.331. The maximum Gasteiger partial charge on any atom is 0 e. The van der Waals surface area contributed by atoms with Crippen LogP contribution >= 0.6 is 0 Å². The number of unbranched alkanes of at least 4 members (excludes halogenated alkanes) is 7. The average molecular weight is 200 g/mol. The van der Waals surface area contributed by atoms with Crippen molar-refractivity contribution in [3.63, 3.8) is 0 Å². The molecular weight excluding hydrogens is 179 g/mol. The van der Waals surface area contributed by atoms with Crippen molar-refractivity contribution in [3.05, 3.63) is 6.42 Å². The molecule has 0 atom stereocenters. The standard InChI is InChI=1S/C10H21.Ni/c1-3-5-7-9-10-8-6-4-2;/h3H,4-10H2,1-2H3;/q-1;. The summed E-state index contributed by atoms with van der Waals surface area (Å²) in [5.74, 6) is 0. The van der Waals surface area contributed by atoms with Crippen molar-refractivity contribution in [2.45, 2.75) is 58.8 Å². The summed E-state index contributed by atoms with van der Waals surface area (Å²) in [6, 6.07) is 0. The van der Waals surface area contributed by atoms with Crippen molar-refractivity contribution in [3.8, 4) is 0 Å². The molecule has 0 unspecified atom stereocenters. The Hall–Kier alpha value is 0.494. The van der Waals surface area contributed by atoms with Crippen LogP contribution in [0.1, 0.15) is 58.8 Å². The molecule has 0 nitrogen and oxygen atoms in total. The fourth-order valence-corrected chi connectivity index (χ4v) is 1.13. The molecule has 0 aliphatic rings. The molecule has 0 aliphatic heterocycles. The Morgan fingerprint density at radius 3 is 2.00 bits per heavy atom. The molecule has 0 rings (SSSR count). The first-order valence-corrected chi connectivity index (χ1v) is 4.69. The van der Waals surface area contributed by atoms with Crippen LogP contribution in [0.3, 0.4) is 0 Å². The third-order valence-electron chi connectivity index (χ3n) is 1.85. The van der Waals surface area contributed by atoms with Crippen LogP contribution in [0.4, 0.5) is 0 Å². The predicted octanol–water partition coefficient (Wildman–Crippen LogP) is 3.96. The molecule has 1 heteroatoms. The van der Waals surface area contributed by atoms with Crippen LogP contribution in [0, 0.1) is 6.42 Å². The minimum Gasteiger partial charge on any atom is -0.332 e. The van der Waals surface area contributed by atoms with Gasteiger partial charge in [-0.1, -0.05) is 45.4 Å². The normalized spacial score (nSPS) is 9.27. The molecule has 0 radical (unpaired) electrons. The van der Waals surface area contributed by atoms with E-state index in [0.29, 0.717) is 0 Å². The third kappa shape index (κ3) is 13.5. The van der Waals surface area contributed by atoms with Gasteiger partial charge < -0.3 is 6.42 Å². The first-order valence-electron chi connectivity index (χ1n) is 4.69. The van der Waals surface area contributed by atoms with E-state index in [1.54, 1.807) is 0 Å². The molecule has 0 heterocycles. The molecule has 0 fully saturated rings. The van der Waals surface area contributed by atoms with E-state index in [1.807, 2.05) is 0 Å². The predicted molar refractivity (Wildman–Crippen MR) is 48.0 cm³/mol. The van der Waals surface area contributed by atoms with Crippen molar-refractivity contribution in [2.75, 3.05) is 0 Å². The number of hydrogen-bond acceptors (Lipinski definition) is 0. The van der Waals surface area contributed by atoms with Crippen LogP contribution in [-0.4, -0.2) is 0 Å². The molecule has 11 heavy (non-hydrogen) atoms. The van der Waals surface area contributed by atoms with Gasteiger partial charge in [-0.3, -0.25) is 0 Å². The number of hydrogen-bond donors (Lipinski definition) is 0. The van der Waals surface area contributed by atoms with Gasteiger partial charge in [0.05, 0.1) is 0 Å². The second-order valence-corrected chi connectivity index (χ2v) is 2.96. The Labute approximate surface area is 82.1 Å². The third-order valence-corrected chi connectivity index (χ3v) is 1.85. The van der Waals surface area contributed by atoms with Gasteiger partial charge in [0.15, 0.2) is 0 Å². The smallest absolute Gasteiger partial charge is 0 e. The summed E-state index contributed by atoms with van der Waals surface area (Å²) in [7, 11) is 0. The van der Waals surface area contributed by atoms with Gasteiger partial charge in [-0.15, -0.1) is 0 Å². The van der Waals surface area contributed by atoms with Crippen molar-refractivity contribution in [2.24, 2.45) is 0 Å². The van der Waals surface area contributed by atoms with Crippen LogP contribution in [0.2, 0.25) is 0 Å². The van der Waals surface area contributed by atoms with E-state index >= 15 is 0 Å². The molecule has 0 spiro atoms. The zero-order chi connectivity index (χ0) is 7.66. The molecule has 0 saturated carbocycles. The van der Waals surface area contributed by atoms with Crippen molar-refractivity contribution in [1.29, 1.82) is 0 Å². The first-order chi connectivity index (χ1) is 4.91. The summed E-state index contributed by atoms with van der Waals surface area (Å²) < 4.78 is 0. The molecule has 0 bridgehead atoms. The zero-order valence-electron chi connectivity index (χ0n) is 7.84. The summed E-state index contributed by atoms with van der Waals surface area (Å²) in [4.78, 5) is 0. The minimum absolute atomic E-state index is 0. The molecule has 0 aromatic carbocycles. The van der Waals surface area contributed by atoms with E-state index in [9.17, 15) is 0 Å². The summed E-state index contributed by atoms with van der Waals surface area (Å²) in [6.45, 7) is 4.41. The second kappa shape index (κ2) is 13.1. The van der Waals surface area contributed by atoms with Gasteiger partial charge in [0.25, 0.3) is 0 Å². The van der Waals surface area contributed by atoms with Gasteiger partial charge >= 0.3 is 0 Å². The van der Waals surface area contributed by atoms with Gasteiger partial charge in [-0.05, 0) is 0 Å². The minimum atomic E-state index is 0. The fraction of sp³-hybridized carbons (Fsp3) is 0.900. The van der Waals surface area contributed by atoms with Gasteiger partial charge in [-0.25, -0.2) is 0 Å². The Balaban J connectivity index is 0. The summed E-state index contributed by atoms with van der Waals surface area (Å²) in [5.41, 5.74) is 0. The van der Waals surface area contributed by atoms with Crippen LogP contribution in [-0.2, 0) is 16.5 Å². The molecule has 0 saturated heterocycles. The van der Waals surface area contributed by atoms with Crippen LogP contribution in [0.25, 0.3) is 0 Å². The van der Waals surface area contributed by atoms with E-state index in [-0.39, 0.29) is 16.5 Å². The van der Waals surface area contributed by atoms with Gasteiger partial charge in [0.1, 0.15) is 0 Å². The Kier molecular flexibility index (Phi) is 16.7. The fourth-order valence-electron chi connectivity index (χ4n) is 1.13. The largest absolute Gasteiger partial charge is 0.332 e. The van der Waals surface area contributed by atoms with Gasteiger partial charge in [0.2, 0.25) is 0 Å². The topological polar surface area (TPSA) is 0 Å². The zero-order valence-corrected chi connectivity index (χ0v) is 8.83. The molecule has 0 aliphatic carbocycles. The monoisotopic (exact) mass is 199 g/mol. The summed E-state index contributed by atoms with van der Waals surface area (Å²) in [6.07, 6.45) is 12.1. The van der Waals surface area contributed by atoms with Crippen molar-refractivity contribution in [1.82, 2.24) is 0 Å². The molecule has 0 aromatic rings. The number of rotatable bonds is 7. The first kappa shape index (κ1) is 14.0. The maximum atomic E-state index is 2.26. The van der Waals surface area contributed by atoms with E-state index in [2.05, 4.69) is 20.3 Å². The van der Waals surface area contributed by atoms with Gasteiger partial charge in [0, 0.05) is 16.5 Å². The second-order valence-electron chi connectivity index (χ2n) is 2.96. The van der Waals surface area contributed by atoms with E-state index in [0.717, 1.165) is 0 Å². The van der Waals surface area contributed by atoms with Crippen molar-refractivity contribution < 1.29 is 16.5 Å². The van der Waals surface area contributed by atoms with Crippen LogP contribution in [0.15, 0.2) is 0 Å². The summed E-state index contributed by atoms with van der Waals surface area (Å²) in [5, 5.41) is 0. The Morgan fingerprint density at radius 2 is 1.45 bits per heavy atom. The maximum absolute atomic E-state index is 2.26. The van der Waals surface area contributed by atoms with Crippen molar-refractivity contribution >= 4 is 0 Å². The molecule has 0 amide bonds. The molecular formula is C10H21Ni-. The van der Waals surface area contributed by atoms with Crippen LogP contribution < -0.4 is 0 Å². The molecule has 72 valence electrons. The van der Waals surface area contributed by atoms with Crippen LogP contribution in [0.5, 0.6) is 0 Å². The van der Waals surface area contributed by atoms with E-state index in [1.165, 1.54) is 44.9 Å². The molecule has 0 aromatic heterocycles.